The Morgan fingerprint density at radius 3 is 1.85 bits per heavy atom. The van der Waals surface area contributed by atoms with Crippen molar-refractivity contribution in [3.8, 4) is 0 Å². The number of rotatable bonds is 4. The Balaban J connectivity index is 2.10. The van der Waals surface area contributed by atoms with Crippen molar-refractivity contribution in [1.82, 2.24) is 5.32 Å². The fourth-order valence-electron chi connectivity index (χ4n) is 2.58. The van der Waals surface area contributed by atoms with Crippen molar-refractivity contribution in [2.45, 2.75) is 39.8 Å². The summed E-state index contributed by atoms with van der Waals surface area (Å²) in [7, 11) is 0. The van der Waals surface area contributed by atoms with Crippen molar-refractivity contribution < 1.29 is 0 Å². The third-order valence-electron chi connectivity index (χ3n) is 3.61. The van der Waals surface area contributed by atoms with E-state index in [9.17, 15) is 0 Å². The zero-order valence-electron chi connectivity index (χ0n) is 12.6. The van der Waals surface area contributed by atoms with Gasteiger partial charge in [-0.15, -0.1) is 0 Å². The Bertz CT molecular complexity index is 554. The van der Waals surface area contributed by atoms with Gasteiger partial charge in [0.05, 0.1) is 0 Å². The van der Waals surface area contributed by atoms with Crippen molar-refractivity contribution in [3.05, 3.63) is 69.2 Å². The number of benzene rings is 2. The predicted octanol–water partition coefficient (Wildman–Crippen LogP) is 5.48. The van der Waals surface area contributed by atoms with Crippen molar-refractivity contribution in [1.29, 1.82) is 0 Å². The van der Waals surface area contributed by atoms with E-state index in [2.05, 4.69) is 91.4 Å². The Morgan fingerprint density at radius 2 is 1.30 bits per heavy atom. The van der Waals surface area contributed by atoms with Gasteiger partial charge in [-0.05, 0) is 51.0 Å². The van der Waals surface area contributed by atoms with Crippen molar-refractivity contribution in [3.63, 3.8) is 0 Å². The lowest BCUT2D eigenvalue weighted by atomic mass is 10.0. The Morgan fingerprint density at radius 1 is 0.800 bits per heavy atom. The van der Waals surface area contributed by atoms with Crippen LogP contribution in [-0.4, -0.2) is 0 Å². The van der Waals surface area contributed by atoms with Crippen LogP contribution in [-0.2, 0) is 0 Å². The fourth-order valence-corrected chi connectivity index (χ4v) is 2.84. The molecular formula is C18H22BrN. The average Bonchev–Trinajstić information content (AvgIpc) is 2.38. The molecule has 0 radical (unpaired) electrons. The first-order valence-corrected chi connectivity index (χ1v) is 7.84. The Labute approximate surface area is 130 Å². The third-order valence-corrected chi connectivity index (χ3v) is 4.14. The van der Waals surface area contributed by atoms with Crippen LogP contribution in [0.5, 0.6) is 0 Å². The SMILES string of the molecule is Cc1cc(C)cc(C(C)N[C@H](C)c2ccc(Br)cc2)c1. The van der Waals surface area contributed by atoms with Crippen LogP contribution in [0, 0.1) is 13.8 Å². The highest BCUT2D eigenvalue weighted by Gasteiger charge is 2.11. The van der Waals surface area contributed by atoms with Gasteiger partial charge >= 0.3 is 0 Å². The minimum absolute atomic E-state index is 0.332. The molecule has 1 unspecified atom stereocenters. The van der Waals surface area contributed by atoms with Gasteiger partial charge in [0.2, 0.25) is 0 Å². The van der Waals surface area contributed by atoms with E-state index < -0.39 is 0 Å². The highest BCUT2D eigenvalue weighted by molar-refractivity contribution is 9.10. The highest BCUT2D eigenvalue weighted by Crippen LogP contribution is 2.22. The molecule has 0 spiro atoms. The molecule has 0 bridgehead atoms. The largest absolute Gasteiger partial charge is 0.304 e. The molecule has 0 amide bonds. The average molecular weight is 332 g/mol. The lowest BCUT2D eigenvalue weighted by molar-refractivity contribution is 0.494. The van der Waals surface area contributed by atoms with Gasteiger partial charge in [-0.3, -0.25) is 0 Å². The molecule has 2 rings (SSSR count). The van der Waals surface area contributed by atoms with Gasteiger partial charge in [0.25, 0.3) is 0 Å². The molecule has 0 aliphatic heterocycles. The summed E-state index contributed by atoms with van der Waals surface area (Å²) in [6.45, 7) is 8.74. The van der Waals surface area contributed by atoms with Gasteiger partial charge in [0, 0.05) is 16.6 Å². The van der Waals surface area contributed by atoms with E-state index in [4.69, 9.17) is 0 Å². The first kappa shape index (κ1) is 15.3. The van der Waals surface area contributed by atoms with Crippen LogP contribution in [0.4, 0.5) is 0 Å². The quantitative estimate of drug-likeness (QED) is 0.782. The minimum atomic E-state index is 0.332. The minimum Gasteiger partial charge on any atom is -0.304 e. The van der Waals surface area contributed by atoms with Gasteiger partial charge in [0.1, 0.15) is 0 Å². The molecule has 106 valence electrons. The molecule has 0 aliphatic rings. The van der Waals surface area contributed by atoms with Crippen LogP contribution in [0.15, 0.2) is 46.9 Å². The van der Waals surface area contributed by atoms with Crippen LogP contribution in [0.25, 0.3) is 0 Å². The van der Waals surface area contributed by atoms with Crippen LogP contribution >= 0.6 is 15.9 Å². The third kappa shape index (κ3) is 3.94. The summed E-state index contributed by atoms with van der Waals surface area (Å²) in [4.78, 5) is 0. The molecule has 0 saturated heterocycles. The maximum Gasteiger partial charge on any atom is 0.0297 e. The molecule has 2 atom stereocenters. The lowest BCUT2D eigenvalue weighted by Crippen LogP contribution is -2.22. The summed E-state index contributed by atoms with van der Waals surface area (Å²) in [5, 5.41) is 3.67. The first-order valence-electron chi connectivity index (χ1n) is 7.05. The second kappa shape index (κ2) is 6.55. The van der Waals surface area contributed by atoms with E-state index in [1.165, 1.54) is 22.3 Å². The molecule has 2 heteroatoms. The predicted molar refractivity (Wildman–Crippen MR) is 90.0 cm³/mol. The molecule has 0 aliphatic carbocycles. The molecule has 2 aromatic carbocycles. The van der Waals surface area contributed by atoms with E-state index in [1.54, 1.807) is 0 Å². The summed E-state index contributed by atoms with van der Waals surface area (Å²) < 4.78 is 1.12. The maximum atomic E-state index is 3.67. The van der Waals surface area contributed by atoms with E-state index in [-0.39, 0.29) is 0 Å². The fraction of sp³-hybridized carbons (Fsp3) is 0.333. The number of nitrogens with one attached hydrogen (secondary N) is 1. The second-order valence-electron chi connectivity index (χ2n) is 5.58. The summed E-state index contributed by atoms with van der Waals surface area (Å²) in [6, 6.07) is 15.9. The lowest BCUT2D eigenvalue weighted by Gasteiger charge is -2.21. The van der Waals surface area contributed by atoms with Gasteiger partial charge in [-0.25, -0.2) is 0 Å². The van der Waals surface area contributed by atoms with E-state index in [0.717, 1.165) is 4.47 Å². The maximum absolute atomic E-state index is 3.67. The zero-order valence-corrected chi connectivity index (χ0v) is 14.2. The monoisotopic (exact) mass is 331 g/mol. The summed E-state index contributed by atoms with van der Waals surface area (Å²) in [6.07, 6.45) is 0. The summed E-state index contributed by atoms with van der Waals surface area (Å²) in [5.41, 5.74) is 5.31. The zero-order chi connectivity index (χ0) is 14.7. The van der Waals surface area contributed by atoms with Crippen LogP contribution in [0.3, 0.4) is 0 Å². The highest BCUT2D eigenvalue weighted by atomic mass is 79.9. The van der Waals surface area contributed by atoms with Gasteiger partial charge < -0.3 is 5.32 Å². The van der Waals surface area contributed by atoms with Crippen LogP contribution < -0.4 is 5.32 Å². The molecule has 0 aromatic heterocycles. The topological polar surface area (TPSA) is 12.0 Å². The van der Waals surface area contributed by atoms with Crippen molar-refractivity contribution in [2.24, 2.45) is 0 Å². The van der Waals surface area contributed by atoms with E-state index in [1.807, 2.05) is 0 Å². The van der Waals surface area contributed by atoms with Crippen molar-refractivity contribution in [2.75, 3.05) is 0 Å². The molecule has 1 nitrogen and oxygen atoms in total. The molecule has 1 N–H and O–H groups in total. The number of aryl methyl sites for hydroxylation is 2. The number of halogens is 1. The smallest absolute Gasteiger partial charge is 0.0297 e. The van der Waals surface area contributed by atoms with Gasteiger partial charge in [-0.2, -0.15) is 0 Å². The molecular weight excluding hydrogens is 310 g/mol. The number of hydrogen-bond acceptors (Lipinski definition) is 1. The Hall–Kier alpha value is -1.12. The second-order valence-corrected chi connectivity index (χ2v) is 6.50. The normalized spacial score (nSPS) is 14.1. The van der Waals surface area contributed by atoms with Crippen molar-refractivity contribution >= 4 is 15.9 Å². The van der Waals surface area contributed by atoms with Crippen LogP contribution in [0.2, 0.25) is 0 Å². The van der Waals surface area contributed by atoms with Crippen LogP contribution in [0.1, 0.15) is 48.2 Å². The van der Waals surface area contributed by atoms with Gasteiger partial charge in [0.15, 0.2) is 0 Å². The van der Waals surface area contributed by atoms with E-state index >= 15 is 0 Å². The Kier molecular flexibility index (Phi) is 5.00. The van der Waals surface area contributed by atoms with E-state index in [0.29, 0.717) is 12.1 Å². The standard InChI is InChI=1S/C18H22BrN/c1-12-9-13(2)11-17(10-12)15(4)20-14(3)16-5-7-18(19)8-6-16/h5-11,14-15,20H,1-4H3/t14-,15?/m1/s1. The molecule has 20 heavy (non-hydrogen) atoms. The molecule has 2 aromatic rings. The molecule has 0 heterocycles. The molecule has 0 saturated carbocycles. The summed E-state index contributed by atoms with van der Waals surface area (Å²) in [5.74, 6) is 0. The summed E-state index contributed by atoms with van der Waals surface area (Å²) >= 11 is 3.48. The number of hydrogen-bond donors (Lipinski definition) is 1. The first-order chi connectivity index (χ1) is 9.45. The molecule has 0 fully saturated rings. The van der Waals surface area contributed by atoms with Gasteiger partial charge in [-0.1, -0.05) is 57.4 Å².